The highest BCUT2D eigenvalue weighted by atomic mass is 16.5. The summed E-state index contributed by atoms with van der Waals surface area (Å²) in [5.74, 6) is 1.31. The van der Waals surface area contributed by atoms with Gasteiger partial charge in [-0.05, 0) is 42.4 Å². The van der Waals surface area contributed by atoms with Crippen molar-refractivity contribution < 1.29 is 9.53 Å². The van der Waals surface area contributed by atoms with Crippen LogP contribution in [0.2, 0.25) is 0 Å². The van der Waals surface area contributed by atoms with Crippen molar-refractivity contribution in [1.29, 1.82) is 0 Å². The Morgan fingerprint density at radius 1 is 1.28 bits per heavy atom. The van der Waals surface area contributed by atoms with Gasteiger partial charge < -0.3 is 20.7 Å². The van der Waals surface area contributed by atoms with Crippen molar-refractivity contribution >= 4 is 17.6 Å². The maximum atomic E-state index is 11.8. The highest BCUT2D eigenvalue weighted by Gasteiger charge is 2.35. The second-order valence-corrected chi connectivity index (χ2v) is 8.86. The van der Waals surface area contributed by atoms with E-state index in [1.807, 2.05) is 31.2 Å². The maximum absolute atomic E-state index is 11.8. The molecule has 3 N–H and O–H groups in total. The zero-order valence-electron chi connectivity index (χ0n) is 18.7. The number of anilines is 1. The van der Waals surface area contributed by atoms with Gasteiger partial charge in [-0.15, -0.1) is 0 Å². The quantitative estimate of drug-likeness (QED) is 0.477. The van der Waals surface area contributed by atoms with Crippen LogP contribution in [0, 0.1) is 11.3 Å². The Bertz CT molecular complexity index is 682. The fourth-order valence-corrected chi connectivity index (χ4v) is 3.85. The smallest absolute Gasteiger partial charge is 0.224 e. The summed E-state index contributed by atoms with van der Waals surface area (Å²) in [5, 5.41) is 9.78. The number of amides is 1. The predicted octanol–water partition coefficient (Wildman–Crippen LogP) is 3.93. The van der Waals surface area contributed by atoms with Crippen LogP contribution in [0.25, 0.3) is 0 Å². The van der Waals surface area contributed by atoms with Crippen LogP contribution in [0.4, 0.5) is 5.69 Å². The first kappa shape index (κ1) is 23.2. The minimum atomic E-state index is 0.0539. The molecule has 0 saturated carbocycles. The predicted molar refractivity (Wildman–Crippen MR) is 120 cm³/mol. The molecule has 0 bridgehead atoms. The molecule has 1 aromatic carbocycles. The van der Waals surface area contributed by atoms with Crippen LogP contribution in [0.3, 0.4) is 0 Å². The molecule has 2 atom stereocenters. The van der Waals surface area contributed by atoms with Crippen LogP contribution in [0.15, 0.2) is 29.3 Å². The number of ether oxygens (including phenoxy) is 1. The van der Waals surface area contributed by atoms with Crippen molar-refractivity contribution in [2.75, 3.05) is 25.5 Å². The summed E-state index contributed by atoms with van der Waals surface area (Å²) in [5.41, 5.74) is 2.06. The fraction of sp³-hybridized carbons (Fsp3) is 0.652. The Morgan fingerprint density at radius 3 is 2.76 bits per heavy atom. The maximum Gasteiger partial charge on any atom is 0.224 e. The van der Waals surface area contributed by atoms with Gasteiger partial charge in [-0.1, -0.05) is 39.8 Å². The van der Waals surface area contributed by atoms with Gasteiger partial charge in [0.05, 0.1) is 6.10 Å². The normalized spacial score (nSPS) is 20.2. The van der Waals surface area contributed by atoms with Crippen molar-refractivity contribution in [2.24, 2.45) is 16.3 Å². The third-order valence-corrected chi connectivity index (χ3v) is 5.20. The first-order chi connectivity index (χ1) is 13.8. The number of aliphatic imine (C=N–C) groups is 1. The zero-order chi connectivity index (χ0) is 21.3. The first-order valence-electron chi connectivity index (χ1n) is 10.8. The van der Waals surface area contributed by atoms with Gasteiger partial charge in [0, 0.05) is 44.8 Å². The lowest BCUT2D eigenvalue weighted by Gasteiger charge is -2.40. The molecule has 2 unspecified atom stereocenters. The number of carbonyl (C=O) groups is 1. The SMILES string of the molecule is CCCC(=O)Nc1cccc(CNC(=NC)NCC2CCCOC2C(C)(C)C)c1. The molecule has 1 fully saturated rings. The van der Waals surface area contributed by atoms with Crippen molar-refractivity contribution in [3.05, 3.63) is 29.8 Å². The fourth-order valence-electron chi connectivity index (χ4n) is 3.85. The molecular weight excluding hydrogens is 364 g/mol. The van der Waals surface area contributed by atoms with E-state index in [0.29, 0.717) is 18.9 Å². The molecule has 0 radical (unpaired) electrons. The number of hydrogen-bond donors (Lipinski definition) is 3. The molecule has 1 heterocycles. The van der Waals surface area contributed by atoms with Gasteiger partial charge >= 0.3 is 0 Å². The Kier molecular flexibility index (Phi) is 8.96. The number of nitrogens with one attached hydrogen (secondary N) is 3. The topological polar surface area (TPSA) is 74.8 Å². The van der Waals surface area contributed by atoms with E-state index < -0.39 is 0 Å². The van der Waals surface area contributed by atoms with Crippen LogP contribution in [-0.4, -0.2) is 38.2 Å². The lowest BCUT2D eigenvalue weighted by atomic mass is 9.78. The van der Waals surface area contributed by atoms with Crippen molar-refractivity contribution in [3.8, 4) is 0 Å². The van der Waals surface area contributed by atoms with Gasteiger partial charge in [0.25, 0.3) is 0 Å². The Morgan fingerprint density at radius 2 is 2.07 bits per heavy atom. The molecule has 0 aromatic heterocycles. The third kappa shape index (κ3) is 7.69. The lowest BCUT2D eigenvalue weighted by molar-refractivity contribution is -0.116. The zero-order valence-corrected chi connectivity index (χ0v) is 18.7. The summed E-state index contributed by atoms with van der Waals surface area (Å²) >= 11 is 0. The summed E-state index contributed by atoms with van der Waals surface area (Å²) in [6, 6.07) is 7.92. The van der Waals surface area contributed by atoms with Gasteiger partial charge in [-0.25, -0.2) is 0 Å². The standard InChI is InChI=1S/C23H38N4O2/c1-6-9-20(28)27-19-12-7-10-17(14-19)15-25-22(24-5)26-16-18-11-8-13-29-21(18)23(2,3)4/h7,10,12,14,18,21H,6,8-9,11,13,15-16H2,1-5H3,(H,27,28)(H2,24,25,26). The van der Waals surface area contributed by atoms with Crippen LogP contribution < -0.4 is 16.0 Å². The molecule has 162 valence electrons. The number of guanidine groups is 1. The van der Waals surface area contributed by atoms with E-state index in [0.717, 1.165) is 43.2 Å². The van der Waals surface area contributed by atoms with E-state index in [4.69, 9.17) is 4.74 Å². The minimum absolute atomic E-state index is 0.0539. The number of nitrogens with zero attached hydrogens (tertiary/aromatic N) is 1. The second kappa shape index (κ2) is 11.2. The molecule has 0 aliphatic carbocycles. The highest BCUT2D eigenvalue weighted by Crippen LogP contribution is 2.33. The molecule has 6 nitrogen and oxygen atoms in total. The van der Waals surface area contributed by atoms with Gasteiger partial charge in [0.15, 0.2) is 5.96 Å². The van der Waals surface area contributed by atoms with Crippen molar-refractivity contribution in [2.45, 2.75) is 66.0 Å². The summed E-state index contributed by atoms with van der Waals surface area (Å²) in [4.78, 5) is 16.2. The third-order valence-electron chi connectivity index (χ3n) is 5.20. The largest absolute Gasteiger partial charge is 0.377 e. The molecule has 29 heavy (non-hydrogen) atoms. The van der Waals surface area contributed by atoms with Crippen molar-refractivity contribution in [1.82, 2.24) is 10.6 Å². The number of benzene rings is 1. The van der Waals surface area contributed by atoms with Crippen LogP contribution in [0.5, 0.6) is 0 Å². The Hall–Kier alpha value is -2.08. The van der Waals surface area contributed by atoms with Gasteiger partial charge in [0.1, 0.15) is 0 Å². The minimum Gasteiger partial charge on any atom is -0.377 e. The van der Waals surface area contributed by atoms with Crippen molar-refractivity contribution in [3.63, 3.8) is 0 Å². The summed E-state index contributed by atoms with van der Waals surface area (Å²) < 4.78 is 6.08. The Balaban J connectivity index is 1.87. The van der Waals surface area contributed by atoms with E-state index in [2.05, 4.69) is 41.7 Å². The van der Waals surface area contributed by atoms with E-state index in [1.54, 1.807) is 7.05 Å². The summed E-state index contributed by atoms with van der Waals surface area (Å²) in [7, 11) is 1.79. The molecule has 0 spiro atoms. The second-order valence-electron chi connectivity index (χ2n) is 8.86. The molecule has 1 aromatic rings. The number of hydrogen-bond acceptors (Lipinski definition) is 3. The molecule has 6 heteroatoms. The molecular formula is C23H38N4O2. The van der Waals surface area contributed by atoms with E-state index in [9.17, 15) is 4.79 Å². The molecule has 1 saturated heterocycles. The first-order valence-corrected chi connectivity index (χ1v) is 10.8. The molecule has 2 rings (SSSR count). The Labute approximate surface area is 175 Å². The summed E-state index contributed by atoms with van der Waals surface area (Å²) in [6.07, 6.45) is 3.93. The van der Waals surface area contributed by atoms with Gasteiger partial charge in [0.2, 0.25) is 5.91 Å². The lowest BCUT2D eigenvalue weighted by Crippen LogP contribution is -2.47. The van der Waals surface area contributed by atoms with E-state index >= 15 is 0 Å². The van der Waals surface area contributed by atoms with Crippen LogP contribution in [0.1, 0.15) is 58.9 Å². The van der Waals surface area contributed by atoms with Gasteiger partial charge in [-0.3, -0.25) is 9.79 Å². The number of rotatable bonds is 7. The molecule has 1 aliphatic heterocycles. The van der Waals surface area contributed by atoms with Gasteiger partial charge in [-0.2, -0.15) is 0 Å². The average Bonchev–Trinajstić information content (AvgIpc) is 2.68. The number of carbonyl (C=O) groups excluding carboxylic acids is 1. The van der Waals surface area contributed by atoms with E-state index in [-0.39, 0.29) is 17.4 Å². The molecule has 1 aliphatic rings. The highest BCUT2D eigenvalue weighted by molar-refractivity contribution is 5.90. The van der Waals surface area contributed by atoms with Crippen LogP contribution >= 0.6 is 0 Å². The monoisotopic (exact) mass is 402 g/mol. The summed E-state index contributed by atoms with van der Waals surface area (Å²) in [6.45, 7) is 11.1. The van der Waals surface area contributed by atoms with Crippen LogP contribution in [-0.2, 0) is 16.1 Å². The average molecular weight is 403 g/mol. The van der Waals surface area contributed by atoms with E-state index in [1.165, 1.54) is 6.42 Å². The molecule has 1 amide bonds.